The van der Waals surface area contributed by atoms with Gasteiger partial charge in [-0.2, -0.15) is 5.10 Å². The van der Waals surface area contributed by atoms with Gasteiger partial charge < -0.3 is 0 Å². The maximum atomic E-state index is 13.1. The number of rotatable bonds is 3. The Labute approximate surface area is 132 Å². The fourth-order valence-electron chi connectivity index (χ4n) is 2.57. The van der Waals surface area contributed by atoms with Crippen molar-refractivity contribution in [2.24, 2.45) is 5.14 Å². The number of nitrogens with two attached hydrogens (primary N) is 1. The summed E-state index contributed by atoms with van der Waals surface area (Å²) >= 11 is 0. The van der Waals surface area contributed by atoms with Gasteiger partial charge in [-0.05, 0) is 31.2 Å². The van der Waals surface area contributed by atoms with E-state index < -0.39 is 15.3 Å². The molecule has 7 nitrogen and oxygen atoms in total. The first-order valence-electron chi connectivity index (χ1n) is 6.90. The topological polar surface area (TPSA) is 98.3 Å². The number of nitrogens with zero attached hydrogens (tertiary/aromatic N) is 3. The first kappa shape index (κ1) is 15.6. The Kier molecular flexibility index (Phi) is 3.69. The first-order valence-corrected chi connectivity index (χ1v) is 8.51. The highest BCUT2D eigenvalue weighted by molar-refractivity contribution is 7.89. The number of sulfonamides is 1. The molecule has 1 fully saturated rings. The van der Waals surface area contributed by atoms with E-state index in [0.717, 1.165) is 0 Å². The highest BCUT2D eigenvalue weighted by Crippen LogP contribution is 2.27. The number of carbonyl (C=O) groups is 1. The molecule has 9 heteroatoms. The number of aromatic nitrogens is 2. The van der Waals surface area contributed by atoms with Gasteiger partial charge in [0.25, 0.3) is 0 Å². The molecule has 1 aromatic heterocycles. The Balaban J connectivity index is 2.01. The monoisotopic (exact) mass is 338 g/mol. The number of halogens is 1. The standard InChI is InChI=1S/C14H15FN4O3S/c1-9-6-13(18-8-12(7-14(18)20)23(16,21)22)19(17-9)11-4-2-10(15)3-5-11/h2-6,12H,7-8H2,1H3,(H2,16,21,22). The summed E-state index contributed by atoms with van der Waals surface area (Å²) in [4.78, 5) is 13.5. The summed E-state index contributed by atoms with van der Waals surface area (Å²) in [6, 6.07) is 7.31. The molecule has 0 aliphatic carbocycles. The third kappa shape index (κ3) is 2.97. The Morgan fingerprint density at radius 3 is 2.52 bits per heavy atom. The van der Waals surface area contributed by atoms with E-state index in [1.165, 1.54) is 33.8 Å². The van der Waals surface area contributed by atoms with Gasteiger partial charge in [0, 0.05) is 19.0 Å². The predicted molar refractivity (Wildman–Crippen MR) is 82.1 cm³/mol. The highest BCUT2D eigenvalue weighted by Gasteiger charge is 2.38. The number of aryl methyl sites for hydroxylation is 1. The second-order valence-corrected chi connectivity index (χ2v) is 7.30. The van der Waals surface area contributed by atoms with Gasteiger partial charge >= 0.3 is 0 Å². The molecule has 0 radical (unpaired) electrons. The van der Waals surface area contributed by atoms with Crippen LogP contribution in [0.1, 0.15) is 12.1 Å². The van der Waals surface area contributed by atoms with Crippen LogP contribution in [0, 0.1) is 12.7 Å². The summed E-state index contributed by atoms with van der Waals surface area (Å²) in [5.74, 6) is -0.289. The molecule has 0 saturated carbocycles. The van der Waals surface area contributed by atoms with Crippen LogP contribution in [-0.2, 0) is 14.8 Å². The van der Waals surface area contributed by atoms with E-state index >= 15 is 0 Å². The van der Waals surface area contributed by atoms with Crippen LogP contribution in [0.4, 0.5) is 10.2 Å². The molecule has 1 atom stereocenters. The second kappa shape index (κ2) is 5.43. The van der Waals surface area contributed by atoms with Gasteiger partial charge in [-0.3, -0.25) is 9.69 Å². The minimum atomic E-state index is -3.79. The highest BCUT2D eigenvalue weighted by atomic mass is 32.2. The molecule has 1 amide bonds. The molecule has 1 saturated heterocycles. The van der Waals surface area contributed by atoms with Crippen LogP contribution in [0.25, 0.3) is 5.69 Å². The summed E-state index contributed by atoms with van der Waals surface area (Å²) in [5, 5.41) is 8.50. The second-order valence-electron chi connectivity index (χ2n) is 5.45. The maximum absolute atomic E-state index is 13.1. The summed E-state index contributed by atoms with van der Waals surface area (Å²) in [7, 11) is -3.79. The van der Waals surface area contributed by atoms with E-state index in [1.807, 2.05) is 0 Å². The van der Waals surface area contributed by atoms with Gasteiger partial charge in [-0.25, -0.2) is 22.6 Å². The smallest absolute Gasteiger partial charge is 0.229 e. The van der Waals surface area contributed by atoms with Crippen molar-refractivity contribution in [1.82, 2.24) is 9.78 Å². The van der Waals surface area contributed by atoms with Gasteiger partial charge in [-0.1, -0.05) is 0 Å². The average molecular weight is 338 g/mol. The van der Waals surface area contributed by atoms with Crippen molar-refractivity contribution in [3.05, 3.63) is 41.8 Å². The quantitative estimate of drug-likeness (QED) is 0.891. The summed E-state index contributed by atoms with van der Waals surface area (Å²) in [6.45, 7) is 1.73. The van der Waals surface area contributed by atoms with Gasteiger partial charge in [0.1, 0.15) is 16.9 Å². The molecule has 2 N–H and O–H groups in total. The maximum Gasteiger partial charge on any atom is 0.229 e. The zero-order chi connectivity index (χ0) is 16.8. The molecule has 23 heavy (non-hydrogen) atoms. The van der Waals surface area contributed by atoms with Crippen molar-refractivity contribution in [2.75, 3.05) is 11.4 Å². The number of amides is 1. The number of carbonyl (C=O) groups excluding carboxylic acids is 1. The van der Waals surface area contributed by atoms with Crippen molar-refractivity contribution in [3.8, 4) is 5.69 Å². The molecule has 1 aromatic carbocycles. The van der Waals surface area contributed by atoms with Crippen LogP contribution < -0.4 is 10.0 Å². The van der Waals surface area contributed by atoms with Crippen molar-refractivity contribution >= 4 is 21.7 Å². The van der Waals surface area contributed by atoms with Gasteiger partial charge in [0.15, 0.2) is 0 Å². The van der Waals surface area contributed by atoms with Crippen LogP contribution in [0.15, 0.2) is 30.3 Å². The fourth-order valence-corrected chi connectivity index (χ4v) is 3.30. The number of primary sulfonamides is 1. The molecule has 3 rings (SSSR count). The van der Waals surface area contributed by atoms with E-state index in [2.05, 4.69) is 5.10 Å². The van der Waals surface area contributed by atoms with Crippen molar-refractivity contribution in [1.29, 1.82) is 0 Å². The summed E-state index contributed by atoms with van der Waals surface area (Å²) < 4.78 is 37.5. The molecule has 122 valence electrons. The molecule has 0 bridgehead atoms. The van der Waals surface area contributed by atoms with Crippen molar-refractivity contribution in [3.63, 3.8) is 0 Å². The third-order valence-electron chi connectivity index (χ3n) is 3.71. The van der Waals surface area contributed by atoms with Crippen LogP contribution in [0.3, 0.4) is 0 Å². The Morgan fingerprint density at radius 2 is 1.96 bits per heavy atom. The fraction of sp³-hybridized carbons (Fsp3) is 0.286. The lowest BCUT2D eigenvalue weighted by Crippen LogP contribution is -2.32. The Morgan fingerprint density at radius 1 is 1.30 bits per heavy atom. The van der Waals surface area contributed by atoms with Crippen LogP contribution in [0.2, 0.25) is 0 Å². The zero-order valence-electron chi connectivity index (χ0n) is 12.3. The van der Waals surface area contributed by atoms with E-state index in [4.69, 9.17) is 5.14 Å². The molecule has 1 unspecified atom stereocenters. The predicted octanol–water partition coefficient (Wildman–Crippen LogP) is 0.714. The van der Waals surface area contributed by atoms with Crippen LogP contribution in [0.5, 0.6) is 0 Å². The molecule has 1 aliphatic heterocycles. The lowest BCUT2D eigenvalue weighted by molar-refractivity contribution is -0.117. The average Bonchev–Trinajstić information content (AvgIpc) is 3.02. The Bertz CT molecular complexity index is 861. The molecule has 2 aromatic rings. The van der Waals surface area contributed by atoms with Gasteiger partial charge in [0.05, 0.1) is 11.4 Å². The lowest BCUT2D eigenvalue weighted by atomic mass is 10.3. The van der Waals surface area contributed by atoms with Crippen molar-refractivity contribution < 1.29 is 17.6 Å². The number of benzene rings is 1. The van der Waals surface area contributed by atoms with E-state index in [0.29, 0.717) is 17.2 Å². The van der Waals surface area contributed by atoms with Crippen LogP contribution >= 0.6 is 0 Å². The SMILES string of the molecule is Cc1cc(N2CC(S(N)(=O)=O)CC2=O)n(-c2ccc(F)cc2)n1. The molecular weight excluding hydrogens is 323 g/mol. The first-order chi connectivity index (χ1) is 10.8. The van der Waals surface area contributed by atoms with Gasteiger partial charge in [-0.15, -0.1) is 0 Å². The van der Waals surface area contributed by atoms with Crippen LogP contribution in [-0.4, -0.2) is 35.9 Å². The summed E-state index contributed by atoms with van der Waals surface area (Å²) in [6.07, 6.45) is -0.160. The van der Waals surface area contributed by atoms with E-state index in [1.54, 1.807) is 13.0 Å². The largest absolute Gasteiger partial charge is 0.295 e. The zero-order valence-corrected chi connectivity index (χ0v) is 13.1. The third-order valence-corrected chi connectivity index (χ3v) is 4.96. The van der Waals surface area contributed by atoms with Gasteiger partial charge in [0.2, 0.25) is 15.9 Å². The molecular formula is C14H15FN4O3S. The number of hydrogen-bond donors (Lipinski definition) is 1. The van der Waals surface area contributed by atoms with Crippen molar-refractivity contribution in [2.45, 2.75) is 18.6 Å². The minimum absolute atomic E-state index is 0.0238. The van der Waals surface area contributed by atoms with E-state index in [9.17, 15) is 17.6 Å². The molecule has 2 heterocycles. The summed E-state index contributed by atoms with van der Waals surface area (Å²) in [5.41, 5.74) is 1.22. The number of anilines is 1. The molecule has 1 aliphatic rings. The minimum Gasteiger partial charge on any atom is -0.295 e. The van der Waals surface area contributed by atoms with E-state index in [-0.39, 0.29) is 24.7 Å². The Hall–Kier alpha value is -2.26. The number of hydrogen-bond acceptors (Lipinski definition) is 4. The molecule has 0 spiro atoms. The lowest BCUT2D eigenvalue weighted by Gasteiger charge is -2.17. The normalized spacial score (nSPS) is 18.7.